The molecule has 1 rings (SSSR count). The van der Waals surface area contributed by atoms with Crippen LogP contribution < -0.4 is 11.1 Å². The SMILES string of the molecule is CC(=O)NCC=Cc1cnc(N)c(CO)c1. The number of anilines is 1. The van der Waals surface area contributed by atoms with E-state index in [1.54, 1.807) is 18.3 Å². The molecule has 0 unspecified atom stereocenters. The number of pyridine rings is 1. The first-order valence-electron chi connectivity index (χ1n) is 4.89. The van der Waals surface area contributed by atoms with Crippen LogP contribution in [-0.2, 0) is 11.4 Å². The summed E-state index contributed by atoms with van der Waals surface area (Å²) in [4.78, 5) is 14.5. The van der Waals surface area contributed by atoms with Crippen molar-refractivity contribution in [3.8, 4) is 0 Å². The molecular weight excluding hydrogens is 206 g/mol. The maximum absolute atomic E-state index is 10.6. The van der Waals surface area contributed by atoms with E-state index in [4.69, 9.17) is 10.8 Å². The van der Waals surface area contributed by atoms with Crippen LogP contribution in [0.1, 0.15) is 18.1 Å². The van der Waals surface area contributed by atoms with Crippen LogP contribution in [0.25, 0.3) is 6.08 Å². The molecule has 0 aromatic carbocycles. The monoisotopic (exact) mass is 221 g/mol. The van der Waals surface area contributed by atoms with E-state index in [1.165, 1.54) is 6.92 Å². The fourth-order valence-corrected chi connectivity index (χ4v) is 1.15. The lowest BCUT2D eigenvalue weighted by Gasteiger charge is -2.02. The van der Waals surface area contributed by atoms with Crippen molar-refractivity contribution in [1.82, 2.24) is 10.3 Å². The van der Waals surface area contributed by atoms with Crippen molar-refractivity contribution in [3.63, 3.8) is 0 Å². The van der Waals surface area contributed by atoms with Gasteiger partial charge in [-0.05, 0) is 11.6 Å². The second-order valence-electron chi connectivity index (χ2n) is 3.31. The van der Waals surface area contributed by atoms with Crippen LogP contribution >= 0.6 is 0 Å². The van der Waals surface area contributed by atoms with E-state index in [9.17, 15) is 4.79 Å². The first-order valence-corrected chi connectivity index (χ1v) is 4.89. The zero-order chi connectivity index (χ0) is 12.0. The predicted molar refractivity (Wildman–Crippen MR) is 62.3 cm³/mol. The maximum atomic E-state index is 10.6. The molecule has 16 heavy (non-hydrogen) atoms. The van der Waals surface area contributed by atoms with Crippen molar-refractivity contribution >= 4 is 17.8 Å². The van der Waals surface area contributed by atoms with Crippen molar-refractivity contribution in [2.24, 2.45) is 0 Å². The number of nitrogens with two attached hydrogens (primary N) is 1. The van der Waals surface area contributed by atoms with E-state index < -0.39 is 0 Å². The Labute approximate surface area is 94.0 Å². The Morgan fingerprint density at radius 3 is 3.06 bits per heavy atom. The number of amides is 1. The average Bonchev–Trinajstić information content (AvgIpc) is 2.26. The minimum absolute atomic E-state index is 0.0730. The van der Waals surface area contributed by atoms with Crippen LogP contribution in [0, 0.1) is 0 Å². The topological polar surface area (TPSA) is 88.2 Å². The summed E-state index contributed by atoms with van der Waals surface area (Å²) < 4.78 is 0. The van der Waals surface area contributed by atoms with Crippen molar-refractivity contribution in [3.05, 3.63) is 29.5 Å². The molecule has 5 heteroatoms. The van der Waals surface area contributed by atoms with Crippen LogP contribution in [0.15, 0.2) is 18.3 Å². The number of carbonyl (C=O) groups excluding carboxylic acids is 1. The number of rotatable bonds is 4. The molecule has 0 aliphatic carbocycles. The quantitative estimate of drug-likeness (QED) is 0.682. The standard InChI is InChI=1S/C11H15N3O2/c1-8(16)13-4-2-3-9-5-10(7-15)11(12)14-6-9/h2-3,5-6,15H,4,7H2,1H3,(H2,12,14)(H,13,16). The summed E-state index contributed by atoms with van der Waals surface area (Å²) in [6.45, 7) is 1.79. The molecule has 0 radical (unpaired) electrons. The van der Waals surface area contributed by atoms with Crippen LogP contribution in [-0.4, -0.2) is 22.5 Å². The number of hydrogen-bond donors (Lipinski definition) is 3. The number of nitrogens with one attached hydrogen (secondary N) is 1. The highest BCUT2D eigenvalue weighted by molar-refractivity contribution is 5.73. The van der Waals surface area contributed by atoms with E-state index in [0.29, 0.717) is 17.9 Å². The van der Waals surface area contributed by atoms with E-state index >= 15 is 0 Å². The summed E-state index contributed by atoms with van der Waals surface area (Å²) in [5, 5.41) is 11.6. The summed E-state index contributed by atoms with van der Waals surface area (Å²) in [6, 6.07) is 1.76. The smallest absolute Gasteiger partial charge is 0.217 e. The van der Waals surface area contributed by atoms with Crippen LogP contribution in [0.3, 0.4) is 0 Å². The Balaban J connectivity index is 2.63. The fourth-order valence-electron chi connectivity index (χ4n) is 1.15. The highest BCUT2D eigenvalue weighted by Gasteiger charge is 1.98. The second kappa shape index (κ2) is 5.87. The molecule has 0 bridgehead atoms. The molecule has 1 heterocycles. The van der Waals surface area contributed by atoms with Gasteiger partial charge in [-0.25, -0.2) is 4.98 Å². The molecule has 0 spiro atoms. The lowest BCUT2D eigenvalue weighted by Crippen LogP contribution is -2.19. The Morgan fingerprint density at radius 1 is 1.69 bits per heavy atom. The number of aromatic nitrogens is 1. The average molecular weight is 221 g/mol. The van der Waals surface area contributed by atoms with E-state index in [2.05, 4.69) is 10.3 Å². The number of carbonyl (C=O) groups is 1. The first-order chi connectivity index (χ1) is 7.63. The van der Waals surface area contributed by atoms with Gasteiger partial charge in [0.15, 0.2) is 0 Å². The third-order valence-corrected chi connectivity index (χ3v) is 1.97. The van der Waals surface area contributed by atoms with Gasteiger partial charge in [-0.1, -0.05) is 12.2 Å². The third kappa shape index (κ3) is 3.70. The summed E-state index contributed by atoms with van der Waals surface area (Å²) in [7, 11) is 0. The minimum Gasteiger partial charge on any atom is -0.392 e. The van der Waals surface area contributed by atoms with Gasteiger partial charge >= 0.3 is 0 Å². The predicted octanol–water partition coefficient (Wildman–Crippen LogP) is 0.305. The van der Waals surface area contributed by atoms with Gasteiger partial charge in [-0.3, -0.25) is 4.79 Å². The first kappa shape index (κ1) is 12.2. The van der Waals surface area contributed by atoms with Gasteiger partial charge in [0.25, 0.3) is 0 Å². The Hall–Kier alpha value is -1.88. The third-order valence-electron chi connectivity index (χ3n) is 1.97. The molecule has 0 aliphatic rings. The Morgan fingerprint density at radius 2 is 2.44 bits per heavy atom. The molecule has 0 fully saturated rings. The second-order valence-corrected chi connectivity index (χ2v) is 3.31. The number of nitrogen functional groups attached to an aromatic ring is 1. The highest BCUT2D eigenvalue weighted by atomic mass is 16.3. The lowest BCUT2D eigenvalue weighted by molar-refractivity contribution is -0.118. The van der Waals surface area contributed by atoms with Crippen LogP contribution in [0.4, 0.5) is 5.82 Å². The van der Waals surface area contributed by atoms with E-state index in [1.807, 2.05) is 6.08 Å². The number of aliphatic hydroxyl groups is 1. The van der Waals surface area contributed by atoms with Crippen LogP contribution in [0.2, 0.25) is 0 Å². The molecule has 1 amide bonds. The van der Waals surface area contributed by atoms with E-state index in [0.717, 1.165) is 5.56 Å². The molecule has 0 aliphatic heterocycles. The molecule has 1 aromatic rings. The molecular formula is C11H15N3O2. The molecule has 1 aromatic heterocycles. The van der Waals surface area contributed by atoms with Gasteiger partial charge in [-0.2, -0.15) is 0 Å². The summed E-state index contributed by atoms with van der Waals surface area (Å²) in [5.74, 6) is 0.262. The van der Waals surface area contributed by atoms with Gasteiger partial charge in [0.1, 0.15) is 5.82 Å². The van der Waals surface area contributed by atoms with Gasteiger partial charge in [0.05, 0.1) is 6.61 Å². The Bertz CT molecular complexity index is 402. The molecule has 0 saturated carbocycles. The van der Waals surface area contributed by atoms with Gasteiger partial charge in [0, 0.05) is 25.2 Å². The summed E-state index contributed by atoms with van der Waals surface area (Å²) >= 11 is 0. The normalized spacial score (nSPS) is 10.6. The van der Waals surface area contributed by atoms with Crippen molar-refractivity contribution in [1.29, 1.82) is 0 Å². The molecule has 0 atom stereocenters. The van der Waals surface area contributed by atoms with Crippen molar-refractivity contribution in [2.45, 2.75) is 13.5 Å². The van der Waals surface area contributed by atoms with Crippen LogP contribution in [0.5, 0.6) is 0 Å². The van der Waals surface area contributed by atoms with Gasteiger partial charge in [-0.15, -0.1) is 0 Å². The zero-order valence-electron chi connectivity index (χ0n) is 9.10. The maximum Gasteiger partial charge on any atom is 0.217 e. The number of nitrogens with zero attached hydrogens (tertiary/aromatic N) is 1. The molecule has 4 N–H and O–H groups in total. The fraction of sp³-hybridized carbons (Fsp3) is 0.273. The molecule has 5 nitrogen and oxygen atoms in total. The molecule has 86 valence electrons. The highest BCUT2D eigenvalue weighted by Crippen LogP contribution is 2.11. The minimum atomic E-state index is -0.133. The largest absolute Gasteiger partial charge is 0.392 e. The summed E-state index contributed by atoms with van der Waals surface area (Å²) in [5.41, 5.74) is 6.98. The molecule has 0 saturated heterocycles. The summed E-state index contributed by atoms with van der Waals surface area (Å²) in [6.07, 6.45) is 5.22. The van der Waals surface area contributed by atoms with Gasteiger partial charge in [0.2, 0.25) is 5.91 Å². The number of hydrogen-bond acceptors (Lipinski definition) is 4. The lowest BCUT2D eigenvalue weighted by atomic mass is 10.2. The zero-order valence-corrected chi connectivity index (χ0v) is 9.10. The van der Waals surface area contributed by atoms with E-state index in [-0.39, 0.29) is 12.5 Å². The van der Waals surface area contributed by atoms with Crippen molar-refractivity contribution < 1.29 is 9.90 Å². The number of aliphatic hydroxyl groups excluding tert-OH is 1. The van der Waals surface area contributed by atoms with Gasteiger partial charge < -0.3 is 16.2 Å². The Kier molecular flexibility index (Phi) is 4.47. The van der Waals surface area contributed by atoms with Crippen molar-refractivity contribution in [2.75, 3.05) is 12.3 Å².